The molecule has 0 aromatic heterocycles. The molecular weight excluding hydrogens is 348 g/mol. The molecule has 0 fully saturated rings. The fraction of sp³-hybridized carbons (Fsp3) is 0.350. The highest BCUT2D eigenvalue weighted by Crippen LogP contribution is 2.10. The van der Waals surface area contributed by atoms with Crippen LogP contribution in [0.25, 0.3) is 0 Å². The van der Waals surface area contributed by atoms with E-state index >= 15 is 0 Å². The summed E-state index contributed by atoms with van der Waals surface area (Å²) < 4.78 is 22.6. The van der Waals surface area contributed by atoms with Gasteiger partial charge in [0.25, 0.3) is 0 Å². The normalized spacial score (nSPS) is 11.2. The predicted octanol–water partition coefficient (Wildman–Crippen LogP) is 3.27. The number of rotatable bonds is 7. The van der Waals surface area contributed by atoms with Gasteiger partial charge in [0.1, 0.15) is 0 Å². The molecule has 0 spiro atoms. The highest BCUT2D eigenvalue weighted by Gasteiger charge is 2.12. The molecule has 0 radical (unpaired) electrons. The van der Waals surface area contributed by atoms with E-state index in [1.165, 1.54) is 11.8 Å². The van der Waals surface area contributed by atoms with E-state index in [-0.39, 0.29) is 11.8 Å². The van der Waals surface area contributed by atoms with Crippen molar-refractivity contribution < 1.29 is 13.2 Å². The molecule has 0 aliphatic carbocycles. The van der Waals surface area contributed by atoms with Crippen molar-refractivity contribution in [1.29, 1.82) is 0 Å². The molecule has 0 unspecified atom stereocenters. The van der Waals surface area contributed by atoms with Gasteiger partial charge in [0.15, 0.2) is 9.84 Å². The molecule has 0 aliphatic heterocycles. The smallest absolute Gasteiger partial charge is 0.317 e. The third-order valence-electron chi connectivity index (χ3n) is 4.02. The Morgan fingerprint density at radius 2 is 1.69 bits per heavy atom. The Balaban J connectivity index is 1.91. The molecule has 0 bridgehead atoms. The molecular formula is C20H26N2O3S. The number of hydrogen-bond acceptors (Lipinski definition) is 3. The second-order valence-corrected chi connectivity index (χ2v) is 8.69. The van der Waals surface area contributed by atoms with Crippen molar-refractivity contribution in [3.05, 3.63) is 70.8 Å². The zero-order chi connectivity index (χ0) is 19.2. The van der Waals surface area contributed by atoms with Gasteiger partial charge in [0, 0.05) is 25.9 Å². The SMILES string of the molecule is CCN(Cc1cccc(C)c1)C(=O)NCc1ccc(CS(C)(=O)=O)cc1. The Hall–Kier alpha value is -2.34. The molecule has 1 N–H and O–H groups in total. The topological polar surface area (TPSA) is 66.5 Å². The summed E-state index contributed by atoms with van der Waals surface area (Å²) in [6.07, 6.45) is 1.22. The lowest BCUT2D eigenvalue weighted by molar-refractivity contribution is 0.197. The number of hydrogen-bond donors (Lipinski definition) is 1. The van der Waals surface area contributed by atoms with Crippen molar-refractivity contribution in [2.24, 2.45) is 0 Å². The van der Waals surface area contributed by atoms with Crippen LogP contribution in [0.3, 0.4) is 0 Å². The van der Waals surface area contributed by atoms with E-state index in [4.69, 9.17) is 0 Å². The third kappa shape index (κ3) is 6.52. The van der Waals surface area contributed by atoms with Gasteiger partial charge in [0.2, 0.25) is 0 Å². The molecule has 0 atom stereocenters. The van der Waals surface area contributed by atoms with Crippen LogP contribution in [0.1, 0.15) is 29.2 Å². The van der Waals surface area contributed by atoms with E-state index in [1.807, 2.05) is 44.2 Å². The fourth-order valence-electron chi connectivity index (χ4n) is 2.70. The molecule has 5 nitrogen and oxygen atoms in total. The summed E-state index contributed by atoms with van der Waals surface area (Å²) in [6.45, 7) is 5.58. The first kappa shape index (κ1) is 20.0. The molecule has 0 aliphatic rings. The first-order valence-corrected chi connectivity index (χ1v) is 10.7. The van der Waals surface area contributed by atoms with Crippen LogP contribution in [-0.4, -0.2) is 32.1 Å². The summed E-state index contributed by atoms with van der Waals surface area (Å²) in [5.41, 5.74) is 3.96. The number of aryl methyl sites for hydroxylation is 1. The number of amides is 2. The summed E-state index contributed by atoms with van der Waals surface area (Å²) in [5.74, 6) is 0.0275. The van der Waals surface area contributed by atoms with E-state index in [0.29, 0.717) is 19.6 Å². The van der Waals surface area contributed by atoms with Crippen LogP contribution >= 0.6 is 0 Å². The summed E-state index contributed by atoms with van der Waals surface area (Å²) in [5, 5.41) is 2.92. The van der Waals surface area contributed by atoms with Gasteiger partial charge in [-0.05, 0) is 30.5 Å². The summed E-state index contributed by atoms with van der Waals surface area (Å²) >= 11 is 0. The van der Waals surface area contributed by atoms with Gasteiger partial charge in [0.05, 0.1) is 5.75 Å². The Kier molecular flexibility index (Phi) is 6.80. The lowest BCUT2D eigenvalue weighted by Gasteiger charge is -2.22. The Morgan fingerprint density at radius 1 is 1.04 bits per heavy atom. The maximum absolute atomic E-state index is 12.4. The molecule has 140 valence electrons. The molecule has 0 heterocycles. The number of carbonyl (C=O) groups is 1. The standard InChI is InChI=1S/C20H26N2O3S/c1-4-22(14-19-7-5-6-16(2)12-19)20(23)21-13-17-8-10-18(11-9-17)15-26(3,24)25/h5-12H,4,13-15H2,1-3H3,(H,21,23). The van der Waals surface area contributed by atoms with Crippen LogP contribution in [0.2, 0.25) is 0 Å². The zero-order valence-corrected chi connectivity index (χ0v) is 16.3. The zero-order valence-electron chi connectivity index (χ0n) is 15.5. The van der Waals surface area contributed by atoms with Crippen molar-refractivity contribution in [3.63, 3.8) is 0 Å². The minimum Gasteiger partial charge on any atom is -0.334 e. The first-order valence-electron chi connectivity index (χ1n) is 8.60. The van der Waals surface area contributed by atoms with E-state index in [1.54, 1.807) is 17.0 Å². The Morgan fingerprint density at radius 3 is 2.27 bits per heavy atom. The summed E-state index contributed by atoms with van der Waals surface area (Å²) in [6, 6.07) is 15.3. The van der Waals surface area contributed by atoms with Gasteiger partial charge in [-0.3, -0.25) is 0 Å². The van der Waals surface area contributed by atoms with Crippen LogP contribution in [0, 0.1) is 6.92 Å². The summed E-state index contributed by atoms with van der Waals surface area (Å²) in [4.78, 5) is 14.2. The van der Waals surface area contributed by atoms with Gasteiger partial charge in [-0.25, -0.2) is 13.2 Å². The maximum atomic E-state index is 12.4. The van der Waals surface area contributed by atoms with Crippen molar-refractivity contribution in [2.45, 2.75) is 32.7 Å². The molecule has 26 heavy (non-hydrogen) atoms. The van der Waals surface area contributed by atoms with Crippen LogP contribution in [0.15, 0.2) is 48.5 Å². The number of benzene rings is 2. The van der Waals surface area contributed by atoms with Crippen LogP contribution in [-0.2, 0) is 28.7 Å². The average molecular weight is 375 g/mol. The van der Waals surface area contributed by atoms with Crippen molar-refractivity contribution >= 4 is 15.9 Å². The van der Waals surface area contributed by atoms with E-state index in [9.17, 15) is 13.2 Å². The monoisotopic (exact) mass is 374 g/mol. The van der Waals surface area contributed by atoms with Crippen molar-refractivity contribution in [1.82, 2.24) is 10.2 Å². The number of nitrogens with one attached hydrogen (secondary N) is 1. The largest absolute Gasteiger partial charge is 0.334 e. The Bertz CT molecular complexity index is 846. The number of carbonyl (C=O) groups excluding carboxylic acids is 1. The van der Waals surface area contributed by atoms with Crippen molar-refractivity contribution in [3.8, 4) is 0 Å². The highest BCUT2D eigenvalue weighted by atomic mass is 32.2. The molecule has 2 aromatic rings. The quantitative estimate of drug-likeness (QED) is 0.809. The predicted molar refractivity (Wildman–Crippen MR) is 104 cm³/mol. The van der Waals surface area contributed by atoms with Gasteiger partial charge in [-0.2, -0.15) is 0 Å². The van der Waals surface area contributed by atoms with Crippen LogP contribution < -0.4 is 5.32 Å². The first-order chi connectivity index (χ1) is 12.3. The van der Waals surface area contributed by atoms with Gasteiger partial charge in [-0.1, -0.05) is 54.1 Å². The highest BCUT2D eigenvalue weighted by molar-refractivity contribution is 7.89. The van der Waals surface area contributed by atoms with E-state index < -0.39 is 9.84 Å². The summed E-state index contributed by atoms with van der Waals surface area (Å²) in [7, 11) is -3.04. The average Bonchev–Trinajstić information content (AvgIpc) is 2.57. The second kappa shape index (κ2) is 8.85. The lowest BCUT2D eigenvalue weighted by atomic mass is 10.1. The van der Waals surface area contributed by atoms with Crippen LogP contribution in [0.4, 0.5) is 4.79 Å². The maximum Gasteiger partial charge on any atom is 0.317 e. The van der Waals surface area contributed by atoms with E-state index in [0.717, 1.165) is 16.7 Å². The van der Waals surface area contributed by atoms with Gasteiger partial charge >= 0.3 is 6.03 Å². The number of sulfone groups is 1. The molecule has 2 aromatic carbocycles. The Labute approximate surface area is 156 Å². The molecule has 2 rings (SSSR count). The van der Waals surface area contributed by atoms with Gasteiger partial charge < -0.3 is 10.2 Å². The molecule has 0 saturated heterocycles. The van der Waals surface area contributed by atoms with E-state index in [2.05, 4.69) is 11.4 Å². The fourth-order valence-corrected chi connectivity index (χ4v) is 3.50. The minimum atomic E-state index is -3.04. The van der Waals surface area contributed by atoms with Crippen molar-refractivity contribution in [2.75, 3.05) is 12.8 Å². The number of nitrogens with zero attached hydrogens (tertiary/aromatic N) is 1. The number of urea groups is 1. The molecule has 0 saturated carbocycles. The molecule has 6 heteroatoms. The van der Waals surface area contributed by atoms with Gasteiger partial charge in [-0.15, -0.1) is 0 Å². The third-order valence-corrected chi connectivity index (χ3v) is 4.88. The minimum absolute atomic E-state index is 0.0275. The lowest BCUT2D eigenvalue weighted by Crippen LogP contribution is -2.39. The molecule has 2 amide bonds. The second-order valence-electron chi connectivity index (χ2n) is 6.55. The van der Waals surface area contributed by atoms with Crippen LogP contribution in [0.5, 0.6) is 0 Å².